The predicted octanol–water partition coefficient (Wildman–Crippen LogP) is -0.386. The van der Waals surface area contributed by atoms with Crippen molar-refractivity contribution in [2.24, 2.45) is 5.14 Å². The van der Waals surface area contributed by atoms with Crippen LogP contribution in [0.2, 0.25) is 0 Å². The molecule has 0 aliphatic carbocycles. The number of nitrogens with two attached hydrogens (primary N) is 1. The van der Waals surface area contributed by atoms with Crippen molar-refractivity contribution < 1.29 is 18.0 Å². The summed E-state index contributed by atoms with van der Waals surface area (Å²) in [6.45, 7) is 0.407. The van der Waals surface area contributed by atoms with Gasteiger partial charge in [0.1, 0.15) is 6.04 Å². The van der Waals surface area contributed by atoms with Crippen LogP contribution in [0.5, 0.6) is 0 Å². The van der Waals surface area contributed by atoms with Crippen LogP contribution in [0.15, 0.2) is 29.2 Å². The highest BCUT2D eigenvalue weighted by atomic mass is 32.2. The molecule has 0 aromatic heterocycles. The first kappa shape index (κ1) is 17.8. The van der Waals surface area contributed by atoms with E-state index in [9.17, 15) is 18.0 Å². The molecule has 1 aromatic rings. The maximum atomic E-state index is 12.0. The van der Waals surface area contributed by atoms with Gasteiger partial charge < -0.3 is 10.6 Å². The number of primary sulfonamides is 1. The third kappa shape index (κ3) is 5.52. The second-order valence-electron chi connectivity index (χ2n) is 5.18. The molecule has 1 saturated heterocycles. The first-order chi connectivity index (χ1) is 10.9. The first-order valence-electron chi connectivity index (χ1n) is 7.13. The van der Waals surface area contributed by atoms with Gasteiger partial charge in [-0.2, -0.15) is 11.8 Å². The van der Waals surface area contributed by atoms with E-state index >= 15 is 0 Å². The molecule has 126 valence electrons. The van der Waals surface area contributed by atoms with Crippen molar-refractivity contribution in [3.63, 3.8) is 0 Å². The van der Waals surface area contributed by atoms with E-state index in [-0.39, 0.29) is 16.7 Å². The summed E-state index contributed by atoms with van der Waals surface area (Å²) in [6.07, 6.45) is 0.995. The summed E-state index contributed by atoms with van der Waals surface area (Å²) in [4.78, 5) is 23.5. The number of benzene rings is 1. The molecule has 7 nitrogen and oxygen atoms in total. The summed E-state index contributed by atoms with van der Waals surface area (Å²) in [5, 5.41) is 10.5. The first-order valence-corrected chi connectivity index (χ1v) is 9.83. The van der Waals surface area contributed by atoms with E-state index in [4.69, 9.17) is 5.14 Å². The minimum atomic E-state index is -3.69. The SMILES string of the molecule is NS(=O)(=O)c1ccc(CCNC(=O)C2CSCCC(=O)N2)cc1. The van der Waals surface area contributed by atoms with Crippen molar-refractivity contribution in [2.45, 2.75) is 23.8 Å². The number of hydrogen-bond acceptors (Lipinski definition) is 5. The summed E-state index contributed by atoms with van der Waals surface area (Å²) < 4.78 is 22.3. The van der Waals surface area contributed by atoms with Crippen LogP contribution in [0.4, 0.5) is 0 Å². The molecule has 1 aliphatic heterocycles. The lowest BCUT2D eigenvalue weighted by Crippen LogP contribution is -2.47. The molecule has 1 fully saturated rings. The molecular formula is C14H19N3O4S2. The predicted molar refractivity (Wildman–Crippen MR) is 88.4 cm³/mol. The van der Waals surface area contributed by atoms with Gasteiger partial charge in [0.25, 0.3) is 0 Å². The van der Waals surface area contributed by atoms with E-state index < -0.39 is 16.1 Å². The average Bonchev–Trinajstić information content (AvgIpc) is 2.71. The highest BCUT2D eigenvalue weighted by molar-refractivity contribution is 7.99. The molecule has 23 heavy (non-hydrogen) atoms. The molecule has 1 aromatic carbocycles. The van der Waals surface area contributed by atoms with Crippen molar-refractivity contribution in [1.82, 2.24) is 10.6 Å². The van der Waals surface area contributed by atoms with Gasteiger partial charge in [0.15, 0.2) is 0 Å². The minimum absolute atomic E-state index is 0.0588. The van der Waals surface area contributed by atoms with E-state index in [1.54, 1.807) is 23.9 Å². The lowest BCUT2D eigenvalue weighted by Gasteiger charge is -2.15. The number of amides is 2. The fourth-order valence-electron chi connectivity index (χ4n) is 2.11. The topological polar surface area (TPSA) is 118 Å². The molecule has 2 amide bonds. The number of thioether (sulfide) groups is 1. The van der Waals surface area contributed by atoms with Gasteiger partial charge in [-0.05, 0) is 24.1 Å². The van der Waals surface area contributed by atoms with Gasteiger partial charge in [-0.1, -0.05) is 12.1 Å². The molecule has 1 heterocycles. The lowest BCUT2D eigenvalue weighted by molar-refractivity contribution is -0.128. The second kappa shape index (κ2) is 7.80. The Hall–Kier alpha value is -1.58. The van der Waals surface area contributed by atoms with Crippen molar-refractivity contribution in [1.29, 1.82) is 0 Å². The van der Waals surface area contributed by atoms with E-state index in [0.717, 1.165) is 11.3 Å². The maximum Gasteiger partial charge on any atom is 0.243 e. The molecule has 4 N–H and O–H groups in total. The Balaban J connectivity index is 1.82. The molecule has 1 unspecified atom stereocenters. The van der Waals surface area contributed by atoms with E-state index in [1.165, 1.54) is 12.1 Å². The van der Waals surface area contributed by atoms with Crippen LogP contribution in [0, 0.1) is 0 Å². The quantitative estimate of drug-likeness (QED) is 0.663. The Kier molecular flexibility index (Phi) is 6.03. The Morgan fingerprint density at radius 3 is 2.70 bits per heavy atom. The average molecular weight is 357 g/mol. The molecule has 2 rings (SSSR count). The van der Waals surface area contributed by atoms with Crippen molar-refractivity contribution in [3.05, 3.63) is 29.8 Å². The van der Waals surface area contributed by atoms with E-state index in [2.05, 4.69) is 10.6 Å². The van der Waals surface area contributed by atoms with Crippen LogP contribution in [-0.2, 0) is 26.0 Å². The lowest BCUT2D eigenvalue weighted by atomic mass is 10.1. The molecule has 1 atom stereocenters. The summed E-state index contributed by atoms with van der Waals surface area (Å²) in [5.41, 5.74) is 0.886. The summed E-state index contributed by atoms with van der Waals surface area (Å²) in [6, 6.07) is 5.70. The third-order valence-electron chi connectivity index (χ3n) is 3.37. The van der Waals surface area contributed by atoms with Crippen LogP contribution < -0.4 is 15.8 Å². The summed E-state index contributed by atoms with van der Waals surface area (Å²) in [5.74, 6) is 0.995. The monoisotopic (exact) mass is 357 g/mol. The zero-order valence-corrected chi connectivity index (χ0v) is 14.1. The van der Waals surface area contributed by atoms with E-state index in [0.29, 0.717) is 25.1 Å². The zero-order chi connectivity index (χ0) is 16.9. The van der Waals surface area contributed by atoms with Crippen molar-refractivity contribution >= 4 is 33.6 Å². The molecule has 0 saturated carbocycles. The number of carbonyl (C=O) groups is 2. The van der Waals surface area contributed by atoms with Gasteiger partial charge in [-0.25, -0.2) is 13.6 Å². The van der Waals surface area contributed by atoms with Crippen LogP contribution in [0.1, 0.15) is 12.0 Å². The maximum absolute atomic E-state index is 12.0. The summed E-state index contributed by atoms with van der Waals surface area (Å²) in [7, 11) is -3.69. The number of carbonyl (C=O) groups excluding carboxylic acids is 2. The summed E-state index contributed by atoms with van der Waals surface area (Å²) >= 11 is 1.58. The van der Waals surface area contributed by atoms with Crippen LogP contribution in [0.25, 0.3) is 0 Å². The number of sulfonamides is 1. The third-order valence-corrected chi connectivity index (χ3v) is 5.37. The Morgan fingerprint density at radius 2 is 2.04 bits per heavy atom. The number of rotatable bonds is 5. The highest BCUT2D eigenvalue weighted by Crippen LogP contribution is 2.10. The van der Waals surface area contributed by atoms with Crippen LogP contribution >= 0.6 is 11.8 Å². The molecular weight excluding hydrogens is 338 g/mol. The molecule has 0 radical (unpaired) electrons. The number of hydrogen-bond donors (Lipinski definition) is 3. The van der Waals surface area contributed by atoms with E-state index in [1.807, 2.05) is 0 Å². The van der Waals surface area contributed by atoms with Crippen molar-refractivity contribution in [2.75, 3.05) is 18.1 Å². The van der Waals surface area contributed by atoms with Crippen LogP contribution in [0.3, 0.4) is 0 Å². The standard InChI is InChI=1S/C14H19N3O4S2/c15-23(20,21)11-3-1-10(2-4-11)5-7-16-14(19)12-9-22-8-6-13(18)17-12/h1-4,12H,5-9H2,(H,16,19)(H,17,18)(H2,15,20,21). The largest absolute Gasteiger partial charge is 0.354 e. The molecule has 0 bridgehead atoms. The normalized spacial score (nSPS) is 18.8. The van der Waals surface area contributed by atoms with Gasteiger partial charge >= 0.3 is 0 Å². The fraction of sp³-hybridized carbons (Fsp3) is 0.429. The second-order valence-corrected chi connectivity index (χ2v) is 7.89. The van der Waals surface area contributed by atoms with Crippen LogP contribution in [-0.4, -0.2) is 44.3 Å². The zero-order valence-electron chi connectivity index (χ0n) is 12.4. The molecule has 0 spiro atoms. The van der Waals surface area contributed by atoms with Gasteiger partial charge in [0, 0.05) is 24.5 Å². The van der Waals surface area contributed by atoms with Crippen molar-refractivity contribution in [3.8, 4) is 0 Å². The van der Waals surface area contributed by atoms with Gasteiger partial charge in [-0.3, -0.25) is 9.59 Å². The fourth-order valence-corrected chi connectivity index (χ4v) is 3.60. The Bertz CT molecular complexity index is 674. The van der Waals surface area contributed by atoms with Gasteiger partial charge in [0.05, 0.1) is 4.90 Å². The van der Waals surface area contributed by atoms with Gasteiger partial charge in [0.2, 0.25) is 21.8 Å². The van der Waals surface area contributed by atoms with Gasteiger partial charge in [-0.15, -0.1) is 0 Å². The number of nitrogens with one attached hydrogen (secondary N) is 2. The highest BCUT2D eigenvalue weighted by Gasteiger charge is 2.22. The molecule has 1 aliphatic rings. The smallest absolute Gasteiger partial charge is 0.243 e. The molecule has 9 heteroatoms. The Labute approximate surface area is 139 Å². The Morgan fingerprint density at radius 1 is 1.35 bits per heavy atom. The minimum Gasteiger partial charge on any atom is -0.354 e.